The fraction of sp³-hybridized carbons (Fsp3) is 0.409. The molecule has 3 aromatic rings. The molecule has 170 valence electrons. The summed E-state index contributed by atoms with van der Waals surface area (Å²) in [4.78, 5) is 30.1. The van der Waals surface area contributed by atoms with Gasteiger partial charge < -0.3 is 5.32 Å². The van der Waals surface area contributed by atoms with Gasteiger partial charge in [0.25, 0.3) is 0 Å². The summed E-state index contributed by atoms with van der Waals surface area (Å²) in [5.74, 6) is -0.0300. The van der Waals surface area contributed by atoms with Crippen LogP contribution in [0.4, 0.5) is 5.82 Å². The Morgan fingerprint density at radius 1 is 1.12 bits per heavy atom. The number of hydrogen-bond donors (Lipinski definition) is 1. The second-order valence-electron chi connectivity index (χ2n) is 8.36. The average Bonchev–Trinajstić information content (AvgIpc) is 3.37. The molecule has 0 radical (unpaired) electrons. The van der Waals surface area contributed by atoms with Gasteiger partial charge in [-0.25, -0.2) is 18.2 Å². The van der Waals surface area contributed by atoms with Crippen molar-refractivity contribution >= 4 is 32.8 Å². The molecule has 32 heavy (non-hydrogen) atoms. The molecule has 4 rings (SSSR count). The number of pyridine rings is 1. The van der Waals surface area contributed by atoms with E-state index in [0.717, 1.165) is 18.4 Å². The zero-order valence-corrected chi connectivity index (χ0v) is 19.2. The first kappa shape index (κ1) is 22.2. The topological polar surface area (TPSA) is 106 Å². The lowest BCUT2D eigenvalue weighted by atomic mass is 10.3. The van der Waals surface area contributed by atoms with Crippen molar-refractivity contribution in [2.24, 2.45) is 0 Å². The number of amides is 1. The summed E-state index contributed by atoms with van der Waals surface area (Å²) >= 11 is 0. The summed E-state index contributed by atoms with van der Waals surface area (Å²) < 4.78 is 30.5. The molecule has 1 saturated heterocycles. The Hall–Kier alpha value is -2.98. The molecule has 10 heteroatoms. The minimum Gasteiger partial charge on any atom is -0.309 e. The number of benzene rings is 1. The van der Waals surface area contributed by atoms with Crippen LogP contribution < -0.4 is 11.0 Å². The van der Waals surface area contributed by atoms with Crippen LogP contribution in [0.25, 0.3) is 11.0 Å². The van der Waals surface area contributed by atoms with Gasteiger partial charge in [-0.15, -0.1) is 0 Å². The third-order valence-corrected chi connectivity index (χ3v) is 7.53. The molecule has 1 aromatic carbocycles. The molecule has 0 unspecified atom stereocenters. The van der Waals surface area contributed by atoms with E-state index in [1.807, 2.05) is 26.8 Å². The fourth-order valence-corrected chi connectivity index (χ4v) is 5.55. The molecule has 2 aromatic heterocycles. The Morgan fingerprint density at radius 3 is 2.47 bits per heavy atom. The first-order valence-corrected chi connectivity index (χ1v) is 12.1. The van der Waals surface area contributed by atoms with Crippen molar-refractivity contribution in [1.29, 1.82) is 0 Å². The molecule has 0 bridgehead atoms. The van der Waals surface area contributed by atoms with Gasteiger partial charge in [0.1, 0.15) is 12.4 Å². The van der Waals surface area contributed by atoms with Gasteiger partial charge in [-0.05, 0) is 63.4 Å². The molecule has 1 fully saturated rings. The molecule has 9 nitrogen and oxygen atoms in total. The van der Waals surface area contributed by atoms with E-state index >= 15 is 0 Å². The number of carbonyl (C=O) groups is 1. The van der Waals surface area contributed by atoms with Crippen LogP contribution in [0.3, 0.4) is 0 Å². The summed E-state index contributed by atoms with van der Waals surface area (Å²) in [5, 5.41) is 2.69. The molecule has 3 heterocycles. The minimum atomic E-state index is -3.65. The molecule has 0 atom stereocenters. The van der Waals surface area contributed by atoms with Crippen LogP contribution in [0.15, 0.2) is 46.2 Å². The van der Waals surface area contributed by atoms with E-state index in [9.17, 15) is 18.0 Å². The van der Waals surface area contributed by atoms with E-state index in [2.05, 4.69) is 10.3 Å². The molecule has 1 N–H and O–H groups in total. The number of sulfonamides is 1. The van der Waals surface area contributed by atoms with Crippen LogP contribution in [0.1, 0.15) is 38.3 Å². The Kier molecular flexibility index (Phi) is 5.91. The second-order valence-corrected chi connectivity index (χ2v) is 10.3. The maximum absolute atomic E-state index is 13.2. The highest BCUT2D eigenvalue weighted by atomic mass is 32.2. The number of nitrogens with zero attached hydrogens (tertiary/aromatic N) is 4. The van der Waals surface area contributed by atoms with Crippen molar-refractivity contribution < 1.29 is 13.2 Å². The first-order chi connectivity index (χ1) is 15.2. The van der Waals surface area contributed by atoms with Gasteiger partial charge in [0.15, 0.2) is 0 Å². The predicted molar refractivity (Wildman–Crippen MR) is 122 cm³/mol. The van der Waals surface area contributed by atoms with E-state index in [-0.39, 0.29) is 23.2 Å². The number of imidazole rings is 1. The molecule has 0 saturated carbocycles. The molecule has 1 aliphatic heterocycles. The largest absolute Gasteiger partial charge is 0.329 e. The second kappa shape index (κ2) is 8.51. The predicted octanol–water partition coefficient (Wildman–Crippen LogP) is 2.51. The van der Waals surface area contributed by atoms with Gasteiger partial charge in [0.2, 0.25) is 15.9 Å². The van der Waals surface area contributed by atoms with Crippen LogP contribution in [-0.2, 0) is 21.4 Å². The summed E-state index contributed by atoms with van der Waals surface area (Å²) in [5.41, 5.74) is 1.60. The van der Waals surface area contributed by atoms with Crippen molar-refractivity contribution in [2.45, 2.75) is 51.1 Å². The summed E-state index contributed by atoms with van der Waals surface area (Å²) in [6.07, 6.45) is 3.31. The van der Waals surface area contributed by atoms with Crippen molar-refractivity contribution in [2.75, 3.05) is 18.4 Å². The maximum atomic E-state index is 13.2. The van der Waals surface area contributed by atoms with Crippen molar-refractivity contribution in [3.63, 3.8) is 0 Å². The Bertz CT molecular complexity index is 1320. The summed E-state index contributed by atoms with van der Waals surface area (Å²) in [6, 6.07) is 8.04. The van der Waals surface area contributed by atoms with Gasteiger partial charge in [0.05, 0.1) is 15.9 Å². The van der Waals surface area contributed by atoms with Gasteiger partial charge in [-0.1, -0.05) is 6.07 Å². The lowest BCUT2D eigenvalue weighted by molar-refractivity contribution is -0.116. The average molecular weight is 458 g/mol. The monoisotopic (exact) mass is 457 g/mol. The smallest absolute Gasteiger partial charge is 0.309 e. The van der Waals surface area contributed by atoms with Crippen LogP contribution in [-0.4, -0.2) is 45.8 Å². The zero-order chi connectivity index (χ0) is 23.0. The minimum absolute atomic E-state index is 0.127. The summed E-state index contributed by atoms with van der Waals surface area (Å²) in [6.45, 7) is 6.37. The van der Waals surface area contributed by atoms with Crippen LogP contribution in [0.5, 0.6) is 0 Å². The molecule has 1 aliphatic rings. The number of aryl methyl sites for hydroxylation is 1. The number of fused-ring (bicyclic) bond motifs is 1. The quantitative estimate of drug-likeness (QED) is 0.612. The van der Waals surface area contributed by atoms with E-state index in [0.29, 0.717) is 29.9 Å². The van der Waals surface area contributed by atoms with E-state index in [1.165, 1.54) is 21.0 Å². The number of rotatable bonds is 6. The number of hydrogen-bond acceptors (Lipinski definition) is 5. The number of nitrogens with one attached hydrogen (secondary N) is 1. The van der Waals surface area contributed by atoms with E-state index in [1.54, 1.807) is 22.9 Å². The molecular weight excluding hydrogens is 430 g/mol. The fourth-order valence-electron chi connectivity index (χ4n) is 4.02. The van der Waals surface area contributed by atoms with Crippen molar-refractivity contribution in [3.05, 3.63) is 52.6 Å². The standard InChI is InChI=1S/C22H27N5O4S/c1-15(2)27-18-8-7-17(32(30,31)25-10-4-5-11-25)12-19(18)26(22(27)29)14-21(28)24-20-9-6-16(3)13-23-20/h6-9,12-13,15H,4-5,10-11,14H2,1-3H3,(H,23,24,28). The Morgan fingerprint density at radius 2 is 1.84 bits per heavy atom. The number of aromatic nitrogens is 3. The normalized spacial score (nSPS) is 15.0. The van der Waals surface area contributed by atoms with Gasteiger partial charge in [-0.3, -0.25) is 13.9 Å². The highest BCUT2D eigenvalue weighted by Gasteiger charge is 2.28. The van der Waals surface area contributed by atoms with Gasteiger partial charge in [-0.2, -0.15) is 4.31 Å². The first-order valence-electron chi connectivity index (χ1n) is 10.7. The van der Waals surface area contributed by atoms with Crippen LogP contribution in [0.2, 0.25) is 0 Å². The van der Waals surface area contributed by atoms with Gasteiger partial charge >= 0.3 is 5.69 Å². The lowest BCUT2D eigenvalue weighted by Crippen LogP contribution is -2.30. The Balaban J connectivity index is 1.74. The third-order valence-electron chi connectivity index (χ3n) is 5.63. The highest BCUT2D eigenvalue weighted by molar-refractivity contribution is 7.89. The molecule has 1 amide bonds. The van der Waals surface area contributed by atoms with E-state index < -0.39 is 15.9 Å². The van der Waals surface area contributed by atoms with E-state index in [4.69, 9.17) is 0 Å². The third kappa shape index (κ3) is 4.07. The summed E-state index contributed by atoms with van der Waals surface area (Å²) in [7, 11) is -3.65. The number of anilines is 1. The van der Waals surface area contributed by atoms with Gasteiger partial charge in [0, 0.05) is 25.3 Å². The number of carbonyl (C=O) groups excluding carboxylic acids is 1. The van der Waals surface area contributed by atoms with Crippen molar-refractivity contribution in [1.82, 2.24) is 18.4 Å². The molecular formula is C22H27N5O4S. The van der Waals surface area contributed by atoms with Crippen LogP contribution >= 0.6 is 0 Å². The highest BCUT2D eigenvalue weighted by Crippen LogP contribution is 2.25. The Labute approximate surface area is 186 Å². The molecule has 0 aliphatic carbocycles. The van der Waals surface area contributed by atoms with Crippen molar-refractivity contribution in [3.8, 4) is 0 Å². The SMILES string of the molecule is Cc1ccc(NC(=O)Cn2c(=O)n(C(C)C)c3ccc(S(=O)(=O)N4CCCC4)cc32)nc1. The molecule has 0 spiro atoms. The zero-order valence-electron chi connectivity index (χ0n) is 18.4. The maximum Gasteiger partial charge on any atom is 0.329 e. The van der Waals surface area contributed by atoms with Crippen LogP contribution in [0, 0.1) is 6.92 Å². The lowest BCUT2D eigenvalue weighted by Gasteiger charge is -2.15.